The summed E-state index contributed by atoms with van der Waals surface area (Å²) in [6, 6.07) is 0. The van der Waals surface area contributed by atoms with Gasteiger partial charge in [-0.25, -0.2) is 4.57 Å². The summed E-state index contributed by atoms with van der Waals surface area (Å²) >= 11 is 0. The van der Waals surface area contributed by atoms with Crippen molar-refractivity contribution in [2.75, 3.05) is 26.4 Å². The van der Waals surface area contributed by atoms with E-state index >= 15 is 0 Å². The summed E-state index contributed by atoms with van der Waals surface area (Å²) in [5.74, 6) is -0.963. The van der Waals surface area contributed by atoms with Crippen LogP contribution in [0.15, 0.2) is 36.5 Å². The molecule has 0 aromatic rings. The van der Waals surface area contributed by atoms with Crippen LogP contribution in [0.4, 0.5) is 0 Å². The highest BCUT2D eigenvalue weighted by Gasteiger charge is 2.25. The number of phosphoric acid groups is 1. The molecule has 0 aromatic carbocycles. The maximum absolute atomic E-state index is 12.5. The number of rotatable bonds is 37. The molecule has 0 spiro atoms. The fourth-order valence-corrected chi connectivity index (χ4v) is 6.06. The van der Waals surface area contributed by atoms with Gasteiger partial charge in [-0.3, -0.25) is 18.6 Å². The summed E-state index contributed by atoms with van der Waals surface area (Å²) < 4.78 is 32.5. The van der Waals surface area contributed by atoms with E-state index in [0.29, 0.717) is 12.8 Å². The number of hydrogen-bond donors (Lipinski definition) is 2. The molecule has 3 N–H and O–H groups in total. The van der Waals surface area contributed by atoms with Crippen LogP contribution in [0.25, 0.3) is 0 Å². The Hall–Kier alpha value is -1.77. The lowest BCUT2D eigenvalue weighted by atomic mass is 10.1. The summed E-state index contributed by atoms with van der Waals surface area (Å²) in [6.45, 7) is 3.61. The molecule has 50 heavy (non-hydrogen) atoms. The number of ether oxygens (including phenoxy) is 2. The van der Waals surface area contributed by atoms with Crippen molar-refractivity contribution < 1.29 is 37.6 Å². The Bertz CT molecular complexity index is 923. The lowest BCUT2D eigenvalue weighted by molar-refractivity contribution is -0.161. The molecule has 2 atom stereocenters. The Labute approximate surface area is 305 Å². The minimum absolute atomic E-state index is 0.0419. The minimum Gasteiger partial charge on any atom is -0.462 e. The Morgan fingerprint density at radius 3 is 1.56 bits per heavy atom. The van der Waals surface area contributed by atoms with Crippen LogP contribution in [0.5, 0.6) is 0 Å². The first-order valence-electron chi connectivity index (χ1n) is 20.0. The van der Waals surface area contributed by atoms with Crippen molar-refractivity contribution in [2.45, 2.75) is 180 Å². The van der Waals surface area contributed by atoms with Gasteiger partial charge in [0.25, 0.3) is 0 Å². The second kappa shape index (κ2) is 37.0. The average molecular weight is 728 g/mol. The lowest BCUT2D eigenvalue weighted by Crippen LogP contribution is -2.29. The largest absolute Gasteiger partial charge is 0.472 e. The van der Waals surface area contributed by atoms with Crippen molar-refractivity contribution in [3.8, 4) is 0 Å². The smallest absolute Gasteiger partial charge is 0.462 e. The summed E-state index contributed by atoms with van der Waals surface area (Å²) in [6.07, 6.45) is 39.2. The molecule has 0 saturated carbocycles. The van der Waals surface area contributed by atoms with Gasteiger partial charge in [0, 0.05) is 19.4 Å². The Kier molecular flexibility index (Phi) is 35.7. The quantitative estimate of drug-likeness (QED) is 0.0277. The third kappa shape index (κ3) is 36.0. The van der Waals surface area contributed by atoms with Gasteiger partial charge in [-0.2, -0.15) is 0 Å². The summed E-state index contributed by atoms with van der Waals surface area (Å²) in [5, 5.41) is 0. The zero-order valence-corrected chi connectivity index (χ0v) is 32.8. The Balaban J connectivity index is 4.32. The first-order chi connectivity index (χ1) is 24.3. The zero-order valence-electron chi connectivity index (χ0n) is 31.9. The van der Waals surface area contributed by atoms with E-state index in [1.807, 2.05) is 18.2 Å². The fourth-order valence-electron chi connectivity index (χ4n) is 5.29. The number of carbonyl (C=O) groups is 2. The van der Waals surface area contributed by atoms with Crippen LogP contribution >= 0.6 is 7.82 Å². The highest BCUT2D eigenvalue weighted by atomic mass is 31.2. The van der Waals surface area contributed by atoms with Crippen molar-refractivity contribution in [3.63, 3.8) is 0 Å². The van der Waals surface area contributed by atoms with E-state index in [-0.39, 0.29) is 32.6 Å². The van der Waals surface area contributed by atoms with Crippen molar-refractivity contribution in [3.05, 3.63) is 36.5 Å². The molecular formula is C40H74NO8P. The van der Waals surface area contributed by atoms with Crippen molar-refractivity contribution in [1.82, 2.24) is 0 Å². The lowest BCUT2D eigenvalue weighted by Gasteiger charge is -2.19. The standard InChI is InChI=1S/C40H74NO8P/c1-3-5-7-9-11-13-15-17-19-21-23-25-27-29-31-33-40(43)49-38(37-48-50(44,45)47-35-34-41)36-46-39(42)32-30-28-26-24-22-20-18-16-14-12-10-8-6-4-2/h21,23,26-29,38H,3-20,22,24-25,30-37,41H2,1-2H3,(H,44,45)/b23-21-,28-26-,29-27-. The molecule has 0 aromatic heterocycles. The number of phosphoric ester groups is 1. The van der Waals surface area contributed by atoms with Gasteiger partial charge in [-0.1, -0.05) is 153 Å². The molecule has 0 amide bonds. The highest BCUT2D eigenvalue weighted by molar-refractivity contribution is 7.47. The number of nitrogens with two attached hydrogens (primary N) is 1. The normalized spacial score (nSPS) is 13.8. The maximum atomic E-state index is 12.5. The van der Waals surface area contributed by atoms with E-state index in [1.165, 1.54) is 109 Å². The maximum Gasteiger partial charge on any atom is 0.472 e. The topological polar surface area (TPSA) is 134 Å². The number of hydrogen-bond acceptors (Lipinski definition) is 8. The van der Waals surface area contributed by atoms with E-state index in [9.17, 15) is 19.0 Å². The first-order valence-corrected chi connectivity index (χ1v) is 21.5. The molecule has 0 bridgehead atoms. The van der Waals surface area contributed by atoms with Crippen molar-refractivity contribution in [2.24, 2.45) is 5.73 Å². The van der Waals surface area contributed by atoms with Gasteiger partial charge in [0.1, 0.15) is 6.61 Å². The van der Waals surface area contributed by atoms with E-state index in [1.54, 1.807) is 0 Å². The van der Waals surface area contributed by atoms with E-state index in [0.717, 1.165) is 25.7 Å². The van der Waals surface area contributed by atoms with E-state index in [4.69, 9.17) is 24.3 Å². The van der Waals surface area contributed by atoms with Crippen LogP contribution in [-0.4, -0.2) is 49.3 Å². The molecule has 0 fully saturated rings. The summed E-state index contributed by atoms with van der Waals surface area (Å²) in [7, 11) is -4.39. The van der Waals surface area contributed by atoms with Crippen LogP contribution in [0.1, 0.15) is 174 Å². The number of carbonyl (C=O) groups excluding carboxylic acids is 2. The van der Waals surface area contributed by atoms with Gasteiger partial charge < -0.3 is 20.1 Å². The predicted molar refractivity (Wildman–Crippen MR) is 206 cm³/mol. The van der Waals surface area contributed by atoms with Gasteiger partial charge in [0.05, 0.1) is 13.2 Å². The third-order valence-corrected chi connectivity index (χ3v) is 9.26. The van der Waals surface area contributed by atoms with Crippen LogP contribution < -0.4 is 5.73 Å². The van der Waals surface area contributed by atoms with Gasteiger partial charge >= 0.3 is 19.8 Å². The van der Waals surface area contributed by atoms with E-state index < -0.39 is 32.5 Å². The molecular weight excluding hydrogens is 653 g/mol. The zero-order chi connectivity index (χ0) is 36.8. The van der Waals surface area contributed by atoms with Gasteiger partial charge in [-0.15, -0.1) is 0 Å². The monoisotopic (exact) mass is 728 g/mol. The molecule has 0 heterocycles. The molecule has 9 nitrogen and oxygen atoms in total. The molecule has 0 saturated heterocycles. The molecule has 2 unspecified atom stereocenters. The second-order valence-corrected chi connectivity index (χ2v) is 14.6. The van der Waals surface area contributed by atoms with Gasteiger partial charge in [0.15, 0.2) is 6.10 Å². The number of allylic oxidation sites excluding steroid dienone is 6. The number of unbranched alkanes of at least 4 members (excludes halogenated alkanes) is 18. The summed E-state index contributed by atoms with van der Waals surface area (Å²) in [5.41, 5.74) is 5.33. The van der Waals surface area contributed by atoms with Gasteiger partial charge in [0.2, 0.25) is 0 Å². The molecule has 10 heteroatoms. The fraction of sp³-hybridized carbons (Fsp3) is 0.800. The molecule has 0 aliphatic rings. The predicted octanol–water partition coefficient (Wildman–Crippen LogP) is 11.0. The highest BCUT2D eigenvalue weighted by Crippen LogP contribution is 2.43. The Morgan fingerprint density at radius 2 is 1.04 bits per heavy atom. The third-order valence-electron chi connectivity index (χ3n) is 8.28. The Morgan fingerprint density at radius 1 is 0.600 bits per heavy atom. The number of esters is 2. The molecule has 0 aliphatic carbocycles. The van der Waals surface area contributed by atoms with Gasteiger partial charge in [-0.05, 0) is 44.9 Å². The van der Waals surface area contributed by atoms with Crippen LogP contribution in [0.3, 0.4) is 0 Å². The van der Waals surface area contributed by atoms with Crippen LogP contribution in [-0.2, 0) is 32.7 Å². The molecule has 292 valence electrons. The average Bonchev–Trinajstić information content (AvgIpc) is 3.10. The van der Waals surface area contributed by atoms with Crippen molar-refractivity contribution in [1.29, 1.82) is 0 Å². The van der Waals surface area contributed by atoms with Crippen LogP contribution in [0.2, 0.25) is 0 Å². The van der Waals surface area contributed by atoms with Crippen LogP contribution in [0, 0.1) is 0 Å². The summed E-state index contributed by atoms with van der Waals surface area (Å²) in [4.78, 5) is 34.7. The molecule has 0 aliphatic heterocycles. The first kappa shape index (κ1) is 48.2. The molecule has 0 radical (unpaired) electrons. The van der Waals surface area contributed by atoms with Crippen molar-refractivity contribution >= 4 is 19.8 Å². The second-order valence-electron chi connectivity index (χ2n) is 13.1. The minimum atomic E-state index is -4.39. The molecule has 0 rings (SSSR count). The SMILES string of the molecule is CCCCCCCCCC/C=C\C/C=C\CCC(=O)OC(COC(=O)CC/C=C\CCCCCCCCCCCC)COP(=O)(O)OCCN. The van der Waals surface area contributed by atoms with E-state index in [2.05, 4.69) is 32.1 Å².